The van der Waals surface area contributed by atoms with Gasteiger partial charge in [-0.2, -0.15) is 0 Å². The van der Waals surface area contributed by atoms with Crippen molar-refractivity contribution in [1.29, 1.82) is 0 Å². The van der Waals surface area contributed by atoms with Gasteiger partial charge in [0.25, 0.3) is 0 Å². The van der Waals surface area contributed by atoms with Gasteiger partial charge >= 0.3 is 5.97 Å². The minimum atomic E-state index is -0.420. The van der Waals surface area contributed by atoms with Crippen molar-refractivity contribution in [3.05, 3.63) is 23.7 Å². The Hall–Kier alpha value is -1.33. The second-order valence-corrected chi connectivity index (χ2v) is 4.93. The Morgan fingerprint density at radius 3 is 3.11 bits per heavy atom. The van der Waals surface area contributed by atoms with E-state index in [9.17, 15) is 4.79 Å². The lowest BCUT2D eigenvalue weighted by Gasteiger charge is -2.34. The average molecular weight is 252 g/mol. The van der Waals surface area contributed by atoms with Crippen molar-refractivity contribution in [3.63, 3.8) is 0 Å². The molecule has 1 aromatic rings. The number of carbonyl (C=O) groups excluding carboxylic acids is 1. The van der Waals surface area contributed by atoms with Crippen molar-refractivity contribution in [2.75, 3.05) is 20.2 Å². The molecular formula is C13H20N2O3. The highest BCUT2D eigenvalue weighted by atomic mass is 16.5. The number of nitrogens with two attached hydrogens (primary N) is 1. The molecule has 0 aromatic carbocycles. The van der Waals surface area contributed by atoms with E-state index in [-0.39, 0.29) is 6.04 Å². The Morgan fingerprint density at radius 1 is 1.67 bits per heavy atom. The number of esters is 1. The third kappa shape index (κ3) is 2.73. The molecule has 5 nitrogen and oxygen atoms in total. The largest absolute Gasteiger partial charge is 0.463 e. The van der Waals surface area contributed by atoms with Crippen LogP contribution in [0.15, 0.2) is 16.7 Å². The number of ether oxygens (including phenoxy) is 1. The van der Waals surface area contributed by atoms with Crippen molar-refractivity contribution < 1.29 is 13.9 Å². The van der Waals surface area contributed by atoms with E-state index in [0.29, 0.717) is 18.2 Å². The molecule has 2 atom stereocenters. The molecule has 100 valence electrons. The normalized spacial score (nSPS) is 25.1. The van der Waals surface area contributed by atoms with Crippen LogP contribution in [0.4, 0.5) is 0 Å². The zero-order valence-electron chi connectivity index (χ0n) is 10.9. The van der Waals surface area contributed by atoms with Crippen LogP contribution in [0.5, 0.6) is 0 Å². The van der Waals surface area contributed by atoms with E-state index in [0.717, 1.165) is 25.1 Å². The van der Waals surface area contributed by atoms with E-state index in [1.54, 1.807) is 0 Å². The Labute approximate surface area is 107 Å². The fourth-order valence-corrected chi connectivity index (χ4v) is 2.37. The lowest BCUT2D eigenvalue weighted by Crippen LogP contribution is -2.45. The third-order valence-corrected chi connectivity index (χ3v) is 3.57. The summed E-state index contributed by atoms with van der Waals surface area (Å²) in [6.07, 6.45) is 2.52. The number of nitrogens with zero attached hydrogens (tertiary/aromatic N) is 1. The Balaban J connectivity index is 2.02. The van der Waals surface area contributed by atoms with Crippen LogP contribution >= 0.6 is 0 Å². The summed E-state index contributed by atoms with van der Waals surface area (Å²) in [4.78, 5) is 13.8. The van der Waals surface area contributed by atoms with Gasteiger partial charge in [0.15, 0.2) is 0 Å². The zero-order valence-corrected chi connectivity index (χ0v) is 10.9. The number of piperidine rings is 1. The molecule has 18 heavy (non-hydrogen) atoms. The van der Waals surface area contributed by atoms with Crippen LogP contribution < -0.4 is 5.73 Å². The second-order valence-electron chi connectivity index (χ2n) is 4.93. The summed E-state index contributed by atoms with van der Waals surface area (Å²) in [6, 6.07) is 2.11. The summed E-state index contributed by atoms with van der Waals surface area (Å²) >= 11 is 0. The summed E-state index contributed by atoms with van der Waals surface area (Å²) in [5.41, 5.74) is 6.87. The molecule has 5 heteroatoms. The van der Waals surface area contributed by atoms with Crippen LogP contribution in [0.2, 0.25) is 0 Å². The Morgan fingerprint density at radius 2 is 2.44 bits per heavy atom. The lowest BCUT2D eigenvalue weighted by molar-refractivity contribution is 0.0560. The van der Waals surface area contributed by atoms with Crippen molar-refractivity contribution in [2.24, 2.45) is 11.7 Å². The van der Waals surface area contributed by atoms with Crippen molar-refractivity contribution in [1.82, 2.24) is 4.90 Å². The molecule has 0 saturated carbocycles. The first-order valence-electron chi connectivity index (χ1n) is 6.24. The fourth-order valence-electron chi connectivity index (χ4n) is 2.37. The molecule has 1 saturated heterocycles. The van der Waals surface area contributed by atoms with Gasteiger partial charge in [-0.05, 0) is 24.9 Å². The predicted octanol–water partition coefficient (Wildman–Crippen LogP) is 1.24. The number of methoxy groups -OCH3 is 1. The van der Waals surface area contributed by atoms with Gasteiger partial charge in [0.1, 0.15) is 0 Å². The number of rotatable bonds is 3. The summed E-state index contributed by atoms with van der Waals surface area (Å²) in [7, 11) is 1.36. The summed E-state index contributed by atoms with van der Waals surface area (Å²) in [5, 5.41) is 0. The molecule has 0 spiro atoms. The molecule has 1 fully saturated rings. The first kappa shape index (κ1) is 13.1. The first-order valence-corrected chi connectivity index (χ1v) is 6.24. The maximum atomic E-state index is 11.5. The van der Waals surface area contributed by atoms with Gasteiger partial charge in [0, 0.05) is 24.7 Å². The van der Waals surface area contributed by atoms with Gasteiger partial charge in [0.05, 0.1) is 13.4 Å². The highest BCUT2D eigenvalue weighted by Gasteiger charge is 2.25. The number of likely N-dealkylation sites (tertiary alicyclic amines) is 1. The van der Waals surface area contributed by atoms with Crippen LogP contribution in [0.25, 0.3) is 0 Å². The van der Waals surface area contributed by atoms with Crippen LogP contribution in [0.3, 0.4) is 0 Å². The summed E-state index contributed by atoms with van der Waals surface area (Å²) in [6.45, 7) is 4.77. The van der Waals surface area contributed by atoms with E-state index in [4.69, 9.17) is 14.9 Å². The van der Waals surface area contributed by atoms with Crippen LogP contribution in [-0.2, 0) is 11.3 Å². The first-order chi connectivity index (χ1) is 8.61. The van der Waals surface area contributed by atoms with Gasteiger partial charge in [-0.3, -0.25) is 4.90 Å². The molecule has 0 aliphatic carbocycles. The number of furan rings is 1. The maximum absolute atomic E-state index is 11.5. The molecule has 2 heterocycles. The minimum absolute atomic E-state index is 0.283. The summed E-state index contributed by atoms with van der Waals surface area (Å²) in [5.74, 6) is 0.365. The predicted molar refractivity (Wildman–Crippen MR) is 67.1 cm³/mol. The number of carbonyl (C=O) groups is 1. The Kier molecular flexibility index (Phi) is 4.04. The Bertz CT molecular complexity index is 416. The smallest absolute Gasteiger partial charge is 0.374 e. The SMILES string of the molecule is COC(=O)c1occc1CN1CCC(N)C(C)C1. The molecule has 0 bridgehead atoms. The molecular weight excluding hydrogens is 232 g/mol. The van der Waals surface area contributed by atoms with E-state index in [1.807, 2.05) is 6.07 Å². The average Bonchev–Trinajstić information content (AvgIpc) is 2.81. The van der Waals surface area contributed by atoms with Crippen LogP contribution in [-0.4, -0.2) is 37.1 Å². The highest BCUT2D eigenvalue weighted by molar-refractivity contribution is 5.87. The zero-order chi connectivity index (χ0) is 13.1. The molecule has 0 radical (unpaired) electrons. The maximum Gasteiger partial charge on any atom is 0.374 e. The molecule has 1 aliphatic heterocycles. The second kappa shape index (κ2) is 5.54. The van der Waals surface area contributed by atoms with E-state index >= 15 is 0 Å². The third-order valence-electron chi connectivity index (χ3n) is 3.57. The van der Waals surface area contributed by atoms with Gasteiger partial charge in [-0.15, -0.1) is 0 Å². The van der Waals surface area contributed by atoms with Crippen molar-refractivity contribution >= 4 is 5.97 Å². The molecule has 2 rings (SSSR count). The monoisotopic (exact) mass is 252 g/mol. The highest BCUT2D eigenvalue weighted by Crippen LogP contribution is 2.20. The number of hydrogen-bond donors (Lipinski definition) is 1. The minimum Gasteiger partial charge on any atom is -0.463 e. The van der Waals surface area contributed by atoms with Crippen LogP contribution in [0.1, 0.15) is 29.5 Å². The van der Waals surface area contributed by atoms with Crippen molar-refractivity contribution in [2.45, 2.75) is 25.9 Å². The molecule has 2 N–H and O–H groups in total. The standard InChI is InChI=1S/C13H20N2O3/c1-9-7-15(5-3-11(9)14)8-10-4-6-18-12(10)13(16)17-2/h4,6,9,11H,3,5,7-8,14H2,1-2H3. The fraction of sp³-hybridized carbons (Fsp3) is 0.615. The molecule has 2 unspecified atom stereocenters. The van der Waals surface area contributed by atoms with E-state index in [2.05, 4.69) is 11.8 Å². The van der Waals surface area contributed by atoms with Gasteiger partial charge in [0.2, 0.25) is 5.76 Å². The van der Waals surface area contributed by atoms with Crippen LogP contribution in [0, 0.1) is 5.92 Å². The van der Waals surface area contributed by atoms with Gasteiger partial charge in [-0.25, -0.2) is 4.79 Å². The lowest BCUT2D eigenvalue weighted by atomic mass is 9.94. The van der Waals surface area contributed by atoms with Gasteiger partial charge < -0.3 is 14.9 Å². The van der Waals surface area contributed by atoms with Crippen molar-refractivity contribution in [3.8, 4) is 0 Å². The van der Waals surface area contributed by atoms with E-state index < -0.39 is 5.97 Å². The quantitative estimate of drug-likeness (QED) is 0.820. The molecule has 1 aromatic heterocycles. The number of hydrogen-bond acceptors (Lipinski definition) is 5. The topological polar surface area (TPSA) is 68.7 Å². The van der Waals surface area contributed by atoms with E-state index in [1.165, 1.54) is 13.4 Å². The van der Waals surface area contributed by atoms with Gasteiger partial charge in [-0.1, -0.05) is 6.92 Å². The molecule has 0 amide bonds. The summed E-state index contributed by atoms with van der Waals surface area (Å²) < 4.78 is 9.87. The molecule has 1 aliphatic rings.